The Hall–Kier alpha value is -1.24. The van der Waals surface area contributed by atoms with Crippen molar-refractivity contribution in [1.29, 1.82) is 0 Å². The highest BCUT2D eigenvalue weighted by molar-refractivity contribution is 7.90. The first-order chi connectivity index (χ1) is 13.0. The highest BCUT2D eigenvalue weighted by atomic mass is 32.2. The molecule has 1 atom stereocenters. The van der Waals surface area contributed by atoms with Crippen LogP contribution in [-0.4, -0.2) is 28.6 Å². The number of benzene rings is 1. The van der Waals surface area contributed by atoms with Crippen molar-refractivity contribution in [1.82, 2.24) is 0 Å². The number of allylic oxidation sites excluding steroid dienone is 1. The summed E-state index contributed by atoms with van der Waals surface area (Å²) in [6.07, 6.45) is 3.36. The molecule has 1 aromatic carbocycles. The highest BCUT2D eigenvalue weighted by Crippen LogP contribution is 2.42. The SMILES string of the molecule is Cc1ccc(S(=O)(=O)/N=C2\CCC=C2C(O[Si](C)(C)C(C)(C)C)C(C)(C)C)cc1. The summed E-state index contributed by atoms with van der Waals surface area (Å²) in [4.78, 5) is 0.236. The van der Waals surface area contributed by atoms with Crippen LogP contribution in [0.2, 0.25) is 18.1 Å². The number of hydrogen-bond acceptors (Lipinski definition) is 3. The summed E-state index contributed by atoms with van der Waals surface area (Å²) in [5.41, 5.74) is 2.44. The molecule has 0 spiro atoms. The van der Waals surface area contributed by atoms with Gasteiger partial charge in [0.1, 0.15) is 0 Å². The highest BCUT2D eigenvalue weighted by Gasteiger charge is 2.44. The molecule has 162 valence electrons. The van der Waals surface area contributed by atoms with E-state index in [0.717, 1.165) is 17.6 Å². The third kappa shape index (κ3) is 5.67. The molecule has 29 heavy (non-hydrogen) atoms. The average molecular weight is 436 g/mol. The maximum Gasteiger partial charge on any atom is 0.282 e. The first kappa shape index (κ1) is 24.0. The van der Waals surface area contributed by atoms with E-state index in [2.05, 4.69) is 65.1 Å². The summed E-state index contributed by atoms with van der Waals surface area (Å²) in [6.45, 7) is 19.5. The number of nitrogens with zero attached hydrogens (tertiary/aromatic N) is 1. The third-order valence-corrected chi connectivity index (χ3v) is 11.7. The van der Waals surface area contributed by atoms with Gasteiger partial charge in [0.15, 0.2) is 8.32 Å². The molecule has 6 heteroatoms. The zero-order chi connectivity index (χ0) is 22.3. The van der Waals surface area contributed by atoms with Gasteiger partial charge in [0.05, 0.1) is 16.7 Å². The normalized spacial score (nSPS) is 18.8. The Balaban J connectivity index is 2.44. The Morgan fingerprint density at radius 1 is 1.03 bits per heavy atom. The standard InChI is InChI=1S/C23H37NO3SSi/c1-17-13-15-18(16-14-17)28(25,26)24-20-12-10-11-19(20)21(22(2,3)4)27-29(8,9)23(5,6)7/h11,13-16,21H,10,12H2,1-9H3/b24-20+. The zero-order valence-electron chi connectivity index (χ0n) is 19.5. The van der Waals surface area contributed by atoms with Crippen molar-refractivity contribution < 1.29 is 12.8 Å². The van der Waals surface area contributed by atoms with Crippen LogP contribution >= 0.6 is 0 Å². The lowest BCUT2D eigenvalue weighted by atomic mass is 9.84. The average Bonchev–Trinajstić information content (AvgIpc) is 2.98. The molecule has 1 aliphatic rings. The van der Waals surface area contributed by atoms with Gasteiger partial charge in [-0.25, -0.2) is 0 Å². The molecule has 0 heterocycles. The molecule has 1 aliphatic carbocycles. The fourth-order valence-electron chi connectivity index (χ4n) is 3.07. The largest absolute Gasteiger partial charge is 0.409 e. The lowest BCUT2D eigenvalue weighted by Gasteiger charge is -2.44. The van der Waals surface area contributed by atoms with Gasteiger partial charge in [0.2, 0.25) is 0 Å². The van der Waals surface area contributed by atoms with Gasteiger partial charge in [0, 0.05) is 0 Å². The summed E-state index contributed by atoms with van der Waals surface area (Å²) in [6, 6.07) is 6.86. The number of aryl methyl sites for hydroxylation is 1. The van der Waals surface area contributed by atoms with E-state index >= 15 is 0 Å². The molecule has 0 amide bonds. The van der Waals surface area contributed by atoms with Crippen LogP contribution in [0.4, 0.5) is 0 Å². The van der Waals surface area contributed by atoms with Gasteiger partial charge in [-0.2, -0.15) is 12.8 Å². The number of sulfonamides is 1. The van der Waals surface area contributed by atoms with E-state index in [0.29, 0.717) is 12.1 Å². The summed E-state index contributed by atoms with van der Waals surface area (Å²) < 4.78 is 36.9. The van der Waals surface area contributed by atoms with E-state index in [1.807, 2.05) is 6.92 Å². The van der Waals surface area contributed by atoms with Gasteiger partial charge >= 0.3 is 0 Å². The van der Waals surface area contributed by atoms with E-state index in [4.69, 9.17) is 4.43 Å². The summed E-state index contributed by atoms with van der Waals surface area (Å²) in [5, 5.41) is 0.0704. The van der Waals surface area contributed by atoms with Crippen LogP contribution in [0, 0.1) is 12.3 Å². The van der Waals surface area contributed by atoms with Gasteiger partial charge in [-0.3, -0.25) is 0 Å². The fraction of sp³-hybridized carbons (Fsp3) is 0.609. The van der Waals surface area contributed by atoms with E-state index in [1.54, 1.807) is 24.3 Å². The summed E-state index contributed by atoms with van der Waals surface area (Å²) in [7, 11) is -5.79. The van der Waals surface area contributed by atoms with E-state index in [1.165, 1.54) is 0 Å². The Kier molecular flexibility index (Phi) is 6.73. The Bertz CT molecular complexity index is 899. The van der Waals surface area contributed by atoms with Crippen LogP contribution in [0.15, 0.2) is 45.2 Å². The second-order valence-corrected chi connectivity index (χ2v) is 17.0. The first-order valence-corrected chi connectivity index (χ1v) is 14.7. The van der Waals surface area contributed by atoms with E-state index < -0.39 is 18.3 Å². The molecule has 0 aromatic heterocycles. The molecule has 4 nitrogen and oxygen atoms in total. The van der Waals surface area contributed by atoms with Crippen molar-refractivity contribution in [3.05, 3.63) is 41.5 Å². The monoisotopic (exact) mass is 435 g/mol. The molecular formula is C23H37NO3SSi. The van der Waals surface area contributed by atoms with Crippen LogP contribution in [0.5, 0.6) is 0 Å². The van der Waals surface area contributed by atoms with Gasteiger partial charge in [-0.15, -0.1) is 0 Å². The molecule has 0 aliphatic heterocycles. The van der Waals surface area contributed by atoms with Crippen molar-refractivity contribution in [3.8, 4) is 0 Å². The van der Waals surface area contributed by atoms with Crippen molar-refractivity contribution in [2.24, 2.45) is 9.81 Å². The summed E-state index contributed by atoms with van der Waals surface area (Å²) in [5.74, 6) is 0. The van der Waals surface area contributed by atoms with Crippen LogP contribution in [0.1, 0.15) is 59.9 Å². The molecule has 0 radical (unpaired) electrons. The number of hydrogen-bond donors (Lipinski definition) is 0. The predicted octanol–water partition coefficient (Wildman–Crippen LogP) is 6.28. The quantitative estimate of drug-likeness (QED) is 0.511. The lowest BCUT2D eigenvalue weighted by molar-refractivity contribution is 0.108. The Morgan fingerprint density at radius 3 is 2.07 bits per heavy atom. The van der Waals surface area contributed by atoms with Crippen LogP contribution in [0.3, 0.4) is 0 Å². The minimum absolute atomic E-state index is 0.0704. The van der Waals surface area contributed by atoms with E-state index in [-0.39, 0.29) is 21.5 Å². The summed E-state index contributed by atoms with van der Waals surface area (Å²) >= 11 is 0. The molecule has 0 N–H and O–H groups in total. The van der Waals surface area contributed by atoms with Crippen molar-refractivity contribution in [2.75, 3.05) is 0 Å². The first-order valence-electron chi connectivity index (χ1n) is 10.3. The predicted molar refractivity (Wildman–Crippen MR) is 125 cm³/mol. The molecule has 0 saturated heterocycles. The topological polar surface area (TPSA) is 55.7 Å². The van der Waals surface area contributed by atoms with Crippen molar-refractivity contribution in [2.45, 2.75) is 90.4 Å². The Morgan fingerprint density at radius 2 is 1.59 bits per heavy atom. The number of rotatable bonds is 5. The fourth-order valence-corrected chi connectivity index (χ4v) is 5.57. The lowest BCUT2D eigenvalue weighted by Crippen LogP contribution is -2.48. The molecule has 2 rings (SSSR count). The van der Waals surface area contributed by atoms with Crippen LogP contribution < -0.4 is 0 Å². The maximum atomic E-state index is 12.9. The van der Waals surface area contributed by atoms with Crippen LogP contribution in [-0.2, 0) is 14.4 Å². The van der Waals surface area contributed by atoms with E-state index in [9.17, 15) is 8.42 Å². The second kappa shape index (κ2) is 8.12. The zero-order valence-corrected chi connectivity index (χ0v) is 21.3. The van der Waals surface area contributed by atoms with Gasteiger partial charge < -0.3 is 4.43 Å². The minimum atomic E-state index is -3.74. The molecule has 0 bridgehead atoms. The molecule has 1 aromatic rings. The molecule has 1 unspecified atom stereocenters. The second-order valence-electron chi connectivity index (χ2n) is 10.6. The molecular weight excluding hydrogens is 398 g/mol. The smallest absolute Gasteiger partial charge is 0.282 e. The van der Waals surface area contributed by atoms with Crippen LogP contribution in [0.25, 0.3) is 0 Å². The third-order valence-electron chi connectivity index (χ3n) is 5.92. The van der Waals surface area contributed by atoms with Gasteiger partial charge in [0.25, 0.3) is 10.0 Å². The maximum absolute atomic E-state index is 12.9. The molecule has 0 saturated carbocycles. The molecule has 0 fully saturated rings. The Labute approximate surface area is 178 Å². The minimum Gasteiger partial charge on any atom is -0.409 e. The van der Waals surface area contributed by atoms with Gasteiger partial charge in [-0.1, -0.05) is 65.3 Å². The van der Waals surface area contributed by atoms with Crippen molar-refractivity contribution in [3.63, 3.8) is 0 Å². The van der Waals surface area contributed by atoms with Gasteiger partial charge in [-0.05, 0) is 61.0 Å². The van der Waals surface area contributed by atoms with Crippen molar-refractivity contribution >= 4 is 24.1 Å².